The van der Waals surface area contributed by atoms with Crippen molar-refractivity contribution >= 4 is 39.1 Å². The first kappa shape index (κ1) is 23.9. The van der Waals surface area contributed by atoms with E-state index in [0.29, 0.717) is 10.2 Å². The molecule has 0 atom stereocenters. The number of carbonyl (C=O) groups excluding carboxylic acids is 2. The highest BCUT2D eigenvalue weighted by Gasteiger charge is 2.33. The van der Waals surface area contributed by atoms with E-state index < -0.39 is 30.1 Å². The van der Waals surface area contributed by atoms with Gasteiger partial charge in [0, 0.05) is 11.9 Å². The summed E-state index contributed by atoms with van der Waals surface area (Å²) in [7, 11) is 1.35. The molecule has 1 N–H and O–H groups in total. The number of rotatable bonds is 5. The van der Waals surface area contributed by atoms with Gasteiger partial charge in [0.25, 0.3) is 5.56 Å². The number of likely N-dealkylation sites (N-methyl/N-ethyl adjacent to an activating group) is 1. The highest BCUT2D eigenvalue weighted by atomic mass is 32.1. The second-order valence-electron chi connectivity index (χ2n) is 8.26. The number of aromatic nitrogens is 2. The normalized spacial score (nSPS) is 13.9. The summed E-state index contributed by atoms with van der Waals surface area (Å²) in [5, 5.41) is 2.76. The van der Waals surface area contributed by atoms with Crippen molar-refractivity contribution in [3.63, 3.8) is 0 Å². The van der Waals surface area contributed by atoms with Crippen LogP contribution in [0, 0.1) is 0 Å². The standard InChI is InChI=1S/C23H23F3N4O3S/c1-29(11-18(31)28-16-9-6-5-8-15(16)23(24,25)26)19(32)12-30-13-27-21-20(22(30)33)14-7-3-2-4-10-17(14)34-21/h5-6,8-9,13H,2-4,7,10-12H2,1H3,(H,28,31). The summed E-state index contributed by atoms with van der Waals surface area (Å²) in [5.41, 5.74) is -0.634. The number of amides is 2. The maximum Gasteiger partial charge on any atom is 0.418 e. The number of aryl methyl sites for hydroxylation is 2. The Hall–Kier alpha value is -3.21. The van der Waals surface area contributed by atoms with E-state index in [1.807, 2.05) is 0 Å². The third kappa shape index (κ3) is 4.98. The molecule has 4 rings (SSSR count). The fourth-order valence-corrected chi connectivity index (χ4v) is 5.29. The van der Waals surface area contributed by atoms with Gasteiger partial charge in [-0.25, -0.2) is 4.98 Å². The smallest absolute Gasteiger partial charge is 0.335 e. The lowest BCUT2D eigenvalue weighted by Gasteiger charge is -2.18. The van der Waals surface area contributed by atoms with Gasteiger partial charge in [0.1, 0.15) is 11.4 Å². The van der Waals surface area contributed by atoms with Gasteiger partial charge >= 0.3 is 6.18 Å². The number of thiophene rings is 1. The molecule has 11 heteroatoms. The summed E-state index contributed by atoms with van der Waals surface area (Å²) >= 11 is 1.52. The number of anilines is 1. The van der Waals surface area contributed by atoms with E-state index in [9.17, 15) is 27.6 Å². The molecule has 34 heavy (non-hydrogen) atoms. The van der Waals surface area contributed by atoms with E-state index in [-0.39, 0.29) is 17.8 Å². The van der Waals surface area contributed by atoms with E-state index >= 15 is 0 Å². The Morgan fingerprint density at radius 3 is 2.68 bits per heavy atom. The van der Waals surface area contributed by atoms with Gasteiger partial charge in [-0.05, 0) is 43.4 Å². The first-order valence-electron chi connectivity index (χ1n) is 10.8. The summed E-state index contributed by atoms with van der Waals surface area (Å²) in [5.74, 6) is -1.32. The van der Waals surface area contributed by atoms with Crippen molar-refractivity contribution in [2.45, 2.75) is 44.8 Å². The number of nitrogens with zero attached hydrogens (tertiary/aromatic N) is 3. The fraction of sp³-hybridized carbons (Fsp3) is 0.391. The summed E-state index contributed by atoms with van der Waals surface area (Å²) in [4.78, 5) is 45.4. The molecule has 2 aromatic heterocycles. The van der Waals surface area contributed by atoms with Crippen LogP contribution in [0.3, 0.4) is 0 Å². The van der Waals surface area contributed by atoms with Crippen LogP contribution < -0.4 is 10.9 Å². The molecule has 1 aliphatic rings. The van der Waals surface area contributed by atoms with Gasteiger partial charge in [-0.2, -0.15) is 13.2 Å². The Morgan fingerprint density at radius 2 is 1.91 bits per heavy atom. The highest BCUT2D eigenvalue weighted by Crippen LogP contribution is 2.35. The van der Waals surface area contributed by atoms with Crippen LogP contribution in [-0.4, -0.2) is 39.9 Å². The highest BCUT2D eigenvalue weighted by molar-refractivity contribution is 7.18. The lowest BCUT2D eigenvalue weighted by molar-refractivity contribution is -0.137. The SMILES string of the molecule is CN(CC(=O)Nc1ccccc1C(F)(F)F)C(=O)Cn1cnc2sc3c(c2c1=O)CCCCC3. The lowest BCUT2D eigenvalue weighted by Crippen LogP contribution is -2.38. The van der Waals surface area contributed by atoms with Gasteiger partial charge in [0.05, 0.1) is 29.5 Å². The Labute approximate surface area is 197 Å². The first-order valence-corrected chi connectivity index (χ1v) is 11.7. The Kier molecular flexibility index (Phi) is 6.74. The van der Waals surface area contributed by atoms with Crippen molar-refractivity contribution in [1.29, 1.82) is 0 Å². The summed E-state index contributed by atoms with van der Waals surface area (Å²) < 4.78 is 40.6. The molecule has 3 aromatic rings. The largest absolute Gasteiger partial charge is 0.418 e. The molecule has 180 valence electrons. The van der Waals surface area contributed by atoms with Crippen LogP contribution in [0.2, 0.25) is 0 Å². The molecule has 2 amide bonds. The van der Waals surface area contributed by atoms with Gasteiger partial charge in [-0.3, -0.25) is 19.0 Å². The molecule has 2 heterocycles. The molecule has 0 saturated carbocycles. The minimum absolute atomic E-state index is 0.297. The monoisotopic (exact) mass is 492 g/mol. The van der Waals surface area contributed by atoms with Crippen molar-refractivity contribution in [1.82, 2.24) is 14.5 Å². The van der Waals surface area contributed by atoms with Crippen LogP contribution in [-0.2, 0) is 35.2 Å². The first-order chi connectivity index (χ1) is 16.1. The van der Waals surface area contributed by atoms with Gasteiger partial charge in [0.15, 0.2) is 0 Å². The second-order valence-corrected chi connectivity index (χ2v) is 9.35. The minimum Gasteiger partial charge on any atom is -0.335 e. The van der Waals surface area contributed by atoms with Crippen LogP contribution >= 0.6 is 11.3 Å². The number of hydrogen-bond acceptors (Lipinski definition) is 5. The van der Waals surface area contributed by atoms with Crippen LogP contribution in [0.1, 0.15) is 35.3 Å². The van der Waals surface area contributed by atoms with Gasteiger partial charge in [0.2, 0.25) is 11.8 Å². The third-order valence-electron chi connectivity index (χ3n) is 5.81. The molecule has 0 unspecified atom stereocenters. The van der Waals surface area contributed by atoms with Crippen LogP contribution in [0.25, 0.3) is 10.2 Å². The number of alkyl halides is 3. The fourth-order valence-electron chi connectivity index (χ4n) is 4.07. The number of fused-ring (bicyclic) bond motifs is 3. The second kappa shape index (κ2) is 9.57. The maximum atomic E-state index is 13.1. The summed E-state index contributed by atoms with van der Waals surface area (Å²) in [6.45, 7) is -0.793. The minimum atomic E-state index is -4.63. The Bertz CT molecular complexity index is 1300. The van der Waals surface area contributed by atoms with Crippen molar-refractivity contribution < 1.29 is 22.8 Å². The molecule has 0 bridgehead atoms. The molecule has 0 saturated heterocycles. The van der Waals surface area contributed by atoms with Crippen LogP contribution in [0.5, 0.6) is 0 Å². The predicted octanol–water partition coefficient (Wildman–Crippen LogP) is 3.84. The quantitative estimate of drug-likeness (QED) is 0.549. The lowest BCUT2D eigenvalue weighted by atomic mass is 10.1. The number of halogens is 3. The zero-order valence-corrected chi connectivity index (χ0v) is 19.3. The number of nitrogens with one attached hydrogen (secondary N) is 1. The molecule has 7 nitrogen and oxygen atoms in total. The van der Waals surface area contributed by atoms with Crippen molar-refractivity contribution in [3.8, 4) is 0 Å². The van der Waals surface area contributed by atoms with E-state index in [0.717, 1.165) is 54.7 Å². The number of carbonyl (C=O) groups is 2. The average Bonchev–Trinajstić information content (AvgIpc) is 2.97. The van der Waals surface area contributed by atoms with Crippen LogP contribution in [0.15, 0.2) is 35.4 Å². The molecule has 0 radical (unpaired) electrons. The number of benzene rings is 1. The van der Waals surface area contributed by atoms with E-state index in [4.69, 9.17) is 0 Å². The zero-order chi connectivity index (χ0) is 24.5. The van der Waals surface area contributed by atoms with Gasteiger partial charge in [-0.1, -0.05) is 18.6 Å². The Morgan fingerprint density at radius 1 is 1.18 bits per heavy atom. The van der Waals surface area contributed by atoms with Gasteiger partial charge < -0.3 is 10.2 Å². The molecular formula is C23H23F3N4O3S. The molecule has 0 fully saturated rings. The van der Waals surface area contributed by atoms with E-state index in [1.165, 1.54) is 46.3 Å². The molecule has 0 aliphatic heterocycles. The molecule has 1 aliphatic carbocycles. The summed E-state index contributed by atoms with van der Waals surface area (Å²) in [6.07, 6.45) is 1.61. The average molecular weight is 493 g/mol. The van der Waals surface area contributed by atoms with E-state index in [1.54, 1.807) is 0 Å². The Balaban J connectivity index is 1.46. The maximum absolute atomic E-state index is 13.1. The predicted molar refractivity (Wildman–Crippen MR) is 123 cm³/mol. The van der Waals surface area contributed by atoms with E-state index in [2.05, 4.69) is 10.3 Å². The van der Waals surface area contributed by atoms with Crippen LogP contribution in [0.4, 0.5) is 18.9 Å². The topological polar surface area (TPSA) is 84.3 Å². The van der Waals surface area contributed by atoms with Gasteiger partial charge in [-0.15, -0.1) is 11.3 Å². The summed E-state index contributed by atoms with van der Waals surface area (Å²) in [6, 6.07) is 4.61. The van der Waals surface area contributed by atoms with Crippen molar-refractivity contribution in [3.05, 3.63) is 57.0 Å². The number of para-hydroxylation sites is 1. The molecule has 0 spiro atoms. The zero-order valence-electron chi connectivity index (χ0n) is 18.4. The number of hydrogen-bond donors (Lipinski definition) is 1. The van der Waals surface area contributed by atoms with Crippen molar-refractivity contribution in [2.24, 2.45) is 0 Å². The van der Waals surface area contributed by atoms with Crippen molar-refractivity contribution in [2.75, 3.05) is 18.9 Å². The molecule has 1 aromatic carbocycles. The molecular weight excluding hydrogens is 469 g/mol. The third-order valence-corrected chi connectivity index (χ3v) is 7.01.